The smallest absolute Gasteiger partial charge is 0.231 e. The Kier molecular flexibility index (Phi) is 4.05. The zero-order valence-electron chi connectivity index (χ0n) is 11.7. The lowest BCUT2D eigenvalue weighted by Crippen LogP contribution is -2.39. The minimum atomic E-state index is -0.0564. The Hall–Kier alpha value is -1.69. The molecular weight excluding hydrogens is 286 g/mol. The van der Waals surface area contributed by atoms with Gasteiger partial charge in [0, 0.05) is 29.7 Å². The first-order valence-corrected chi connectivity index (χ1v) is 8.18. The highest BCUT2D eigenvalue weighted by atomic mass is 32.2. The van der Waals surface area contributed by atoms with Crippen LogP contribution in [0.4, 0.5) is 0 Å². The van der Waals surface area contributed by atoms with Gasteiger partial charge in [-0.2, -0.15) is 0 Å². The van der Waals surface area contributed by atoms with E-state index in [1.165, 1.54) is 4.90 Å². The molecule has 1 atom stereocenters. The number of carbonyl (C=O) groups is 1. The fourth-order valence-electron chi connectivity index (χ4n) is 2.71. The number of hydrogen-bond donors (Lipinski definition) is 2. The van der Waals surface area contributed by atoms with Crippen molar-refractivity contribution in [3.05, 3.63) is 29.8 Å². The van der Waals surface area contributed by atoms with Gasteiger partial charge in [-0.05, 0) is 24.5 Å². The lowest BCUT2D eigenvalue weighted by molar-refractivity contribution is -0.132. The standard InChI is InChI=1S/C15H19N3O2S/c16-14(17-20)7-8-18(10-5-6-10)15(19)12-9-21-13-4-2-1-3-11(12)13/h1-4,10,12,20H,5-9H2,(H2,16,17). The number of rotatable bonds is 5. The Bertz CT molecular complexity index is 572. The van der Waals surface area contributed by atoms with Crippen LogP contribution in [0.15, 0.2) is 34.3 Å². The first kappa shape index (κ1) is 14.3. The molecule has 1 unspecified atom stereocenters. The molecule has 3 rings (SSSR count). The van der Waals surface area contributed by atoms with E-state index in [2.05, 4.69) is 11.2 Å². The van der Waals surface area contributed by atoms with E-state index in [4.69, 9.17) is 10.9 Å². The summed E-state index contributed by atoms with van der Waals surface area (Å²) < 4.78 is 0. The van der Waals surface area contributed by atoms with Crippen molar-refractivity contribution in [2.24, 2.45) is 10.9 Å². The summed E-state index contributed by atoms with van der Waals surface area (Å²) in [5.74, 6) is 1.11. The molecule has 0 bridgehead atoms. The van der Waals surface area contributed by atoms with E-state index in [0.29, 0.717) is 19.0 Å². The average Bonchev–Trinajstić information content (AvgIpc) is 3.25. The molecule has 21 heavy (non-hydrogen) atoms. The molecule has 1 aliphatic carbocycles. The predicted molar refractivity (Wildman–Crippen MR) is 82.7 cm³/mol. The first-order chi connectivity index (χ1) is 10.2. The van der Waals surface area contributed by atoms with Crippen LogP contribution in [0.2, 0.25) is 0 Å². The summed E-state index contributed by atoms with van der Waals surface area (Å²) in [6, 6.07) is 8.46. The van der Waals surface area contributed by atoms with Crippen molar-refractivity contribution in [3.8, 4) is 0 Å². The van der Waals surface area contributed by atoms with Gasteiger partial charge in [0.15, 0.2) is 0 Å². The fourth-order valence-corrected chi connectivity index (χ4v) is 3.93. The molecule has 0 radical (unpaired) electrons. The normalized spacial score (nSPS) is 21.1. The van der Waals surface area contributed by atoms with E-state index in [-0.39, 0.29) is 17.7 Å². The van der Waals surface area contributed by atoms with Crippen LogP contribution in [0.3, 0.4) is 0 Å². The van der Waals surface area contributed by atoms with Crippen LogP contribution in [-0.4, -0.2) is 40.2 Å². The average molecular weight is 305 g/mol. The number of amidine groups is 1. The topological polar surface area (TPSA) is 78.9 Å². The second-order valence-corrected chi connectivity index (χ2v) is 6.57. The molecule has 112 valence electrons. The minimum absolute atomic E-state index is 0.0564. The molecule has 3 N–H and O–H groups in total. The molecule has 1 aliphatic heterocycles. The molecule has 1 amide bonds. The zero-order valence-corrected chi connectivity index (χ0v) is 12.6. The van der Waals surface area contributed by atoms with Gasteiger partial charge in [-0.15, -0.1) is 11.8 Å². The van der Waals surface area contributed by atoms with Gasteiger partial charge in [-0.1, -0.05) is 23.4 Å². The van der Waals surface area contributed by atoms with E-state index in [1.807, 2.05) is 23.1 Å². The second-order valence-electron chi connectivity index (χ2n) is 5.51. The third-order valence-corrected chi connectivity index (χ3v) is 5.19. The van der Waals surface area contributed by atoms with Gasteiger partial charge < -0.3 is 15.8 Å². The maximum atomic E-state index is 12.9. The number of benzene rings is 1. The second kappa shape index (κ2) is 5.97. The Morgan fingerprint density at radius 1 is 1.43 bits per heavy atom. The van der Waals surface area contributed by atoms with Crippen molar-refractivity contribution in [2.75, 3.05) is 12.3 Å². The van der Waals surface area contributed by atoms with Gasteiger partial charge >= 0.3 is 0 Å². The molecule has 0 aromatic heterocycles. The van der Waals surface area contributed by atoms with Crippen LogP contribution in [0.5, 0.6) is 0 Å². The van der Waals surface area contributed by atoms with Gasteiger partial charge in [0.05, 0.1) is 5.92 Å². The molecule has 6 heteroatoms. The third-order valence-electron chi connectivity index (χ3n) is 4.01. The predicted octanol–water partition coefficient (Wildman–Crippen LogP) is 2.00. The molecule has 1 fully saturated rings. The largest absolute Gasteiger partial charge is 0.409 e. The molecular formula is C15H19N3O2S. The number of thioether (sulfide) groups is 1. The van der Waals surface area contributed by atoms with E-state index in [0.717, 1.165) is 24.2 Å². The molecule has 1 aromatic rings. The molecule has 5 nitrogen and oxygen atoms in total. The Morgan fingerprint density at radius 2 is 2.19 bits per heavy atom. The summed E-state index contributed by atoms with van der Waals surface area (Å²) in [6.45, 7) is 0.530. The fraction of sp³-hybridized carbons (Fsp3) is 0.467. The summed E-state index contributed by atoms with van der Waals surface area (Å²) in [6.07, 6.45) is 2.53. The molecule has 2 aliphatic rings. The van der Waals surface area contributed by atoms with Crippen molar-refractivity contribution in [1.82, 2.24) is 4.90 Å². The Balaban J connectivity index is 1.73. The molecule has 1 heterocycles. The lowest BCUT2D eigenvalue weighted by atomic mass is 9.99. The van der Waals surface area contributed by atoms with Crippen LogP contribution >= 0.6 is 11.8 Å². The zero-order chi connectivity index (χ0) is 14.8. The van der Waals surface area contributed by atoms with Gasteiger partial charge in [-0.25, -0.2) is 0 Å². The number of nitrogens with zero attached hydrogens (tertiary/aromatic N) is 2. The number of hydrogen-bond acceptors (Lipinski definition) is 4. The van der Waals surface area contributed by atoms with Crippen molar-refractivity contribution >= 4 is 23.5 Å². The molecule has 0 spiro atoms. The third kappa shape index (κ3) is 3.00. The monoisotopic (exact) mass is 305 g/mol. The Morgan fingerprint density at radius 3 is 2.90 bits per heavy atom. The van der Waals surface area contributed by atoms with Gasteiger partial charge in [0.2, 0.25) is 5.91 Å². The lowest BCUT2D eigenvalue weighted by Gasteiger charge is -2.25. The highest BCUT2D eigenvalue weighted by Crippen LogP contribution is 2.41. The van der Waals surface area contributed by atoms with Crippen molar-refractivity contribution in [1.29, 1.82) is 0 Å². The van der Waals surface area contributed by atoms with E-state index in [1.54, 1.807) is 11.8 Å². The van der Waals surface area contributed by atoms with E-state index >= 15 is 0 Å². The number of oxime groups is 1. The van der Waals surface area contributed by atoms with E-state index in [9.17, 15) is 4.79 Å². The summed E-state index contributed by atoms with van der Waals surface area (Å²) >= 11 is 1.75. The van der Waals surface area contributed by atoms with Gasteiger partial charge in [0.1, 0.15) is 5.84 Å². The number of fused-ring (bicyclic) bond motifs is 1. The van der Waals surface area contributed by atoms with Crippen LogP contribution in [0.25, 0.3) is 0 Å². The molecule has 0 saturated heterocycles. The number of carbonyl (C=O) groups excluding carboxylic acids is 1. The number of amides is 1. The van der Waals surface area contributed by atoms with Crippen LogP contribution in [-0.2, 0) is 4.79 Å². The summed E-state index contributed by atoms with van der Waals surface area (Å²) in [5.41, 5.74) is 6.67. The molecule has 1 aromatic carbocycles. The Labute approximate surface area is 128 Å². The summed E-state index contributed by atoms with van der Waals surface area (Å²) in [7, 11) is 0. The minimum Gasteiger partial charge on any atom is -0.409 e. The first-order valence-electron chi connectivity index (χ1n) is 7.19. The van der Waals surface area contributed by atoms with Crippen LogP contribution < -0.4 is 5.73 Å². The molecule has 1 saturated carbocycles. The van der Waals surface area contributed by atoms with Gasteiger partial charge in [0.25, 0.3) is 0 Å². The maximum absolute atomic E-state index is 12.9. The maximum Gasteiger partial charge on any atom is 0.231 e. The summed E-state index contributed by atoms with van der Waals surface area (Å²) in [4.78, 5) is 16.0. The quantitative estimate of drug-likeness (QED) is 0.377. The highest BCUT2D eigenvalue weighted by Gasteiger charge is 2.38. The number of nitrogens with two attached hydrogens (primary N) is 1. The van der Waals surface area contributed by atoms with Crippen molar-refractivity contribution in [3.63, 3.8) is 0 Å². The van der Waals surface area contributed by atoms with Crippen LogP contribution in [0, 0.1) is 0 Å². The van der Waals surface area contributed by atoms with E-state index < -0.39 is 0 Å². The highest BCUT2D eigenvalue weighted by molar-refractivity contribution is 7.99. The SMILES string of the molecule is NC(CCN(C(=O)C1CSc2ccccc21)C1CC1)=NO. The summed E-state index contributed by atoms with van der Waals surface area (Å²) in [5, 5.41) is 11.6. The van der Waals surface area contributed by atoms with Crippen LogP contribution in [0.1, 0.15) is 30.7 Å². The van der Waals surface area contributed by atoms with Crippen molar-refractivity contribution in [2.45, 2.75) is 36.1 Å². The van der Waals surface area contributed by atoms with Crippen molar-refractivity contribution < 1.29 is 10.0 Å². The van der Waals surface area contributed by atoms with Gasteiger partial charge in [-0.3, -0.25) is 4.79 Å².